The number of benzene rings is 1. The van der Waals surface area contributed by atoms with E-state index in [9.17, 15) is 9.90 Å². The van der Waals surface area contributed by atoms with E-state index in [4.69, 9.17) is 0 Å². The lowest BCUT2D eigenvalue weighted by atomic mass is 10.00. The van der Waals surface area contributed by atoms with E-state index in [0.717, 1.165) is 16.6 Å². The molecule has 0 radical (unpaired) electrons. The number of rotatable bonds is 2. The van der Waals surface area contributed by atoms with Gasteiger partial charge in [-0.25, -0.2) is 0 Å². The number of nitrogens with zero attached hydrogens (tertiary/aromatic N) is 4. The maximum Gasteiger partial charge on any atom is 0.253 e. The number of fused-ring (bicyclic) bond motifs is 1. The molecule has 1 amide bonds. The summed E-state index contributed by atoms with van der Waals surface area (Å²) >= 11 is 0. The molecular formula is C17H17N5O2. The second-order valence-electron chi connectivity index (χ2n) is 6.22. The van der Waals surface area contributed by atoms with Crippen LogP contribution in [0.5, 0.6) is 0 Å². The van der Waals surface area contributed by atoms with Gasteiger partial charge in [0.1, 0.15) is 11.3 Å². The van der Waals surface area contributed by atoms with Crippen molar-refractivity contribution in [3.05, 3.63) is 53.5 Å². The van der Waals surface area contributed by atoms with E-state index in [2.05, 4.69) is 20.4 Å². The number of aliphatic hydroxyl groups is 1. The second-order valence-corrected chi connectivity index (χ2v) is 6.22. The van der Waals surface area contributed by atoms with Crippen LogP contribution in [0.2, 0.25) is 0 Å². The van der Waals surface area contributed by atoms with E-state index in [-0.39, 0.29) is 12.5 Å². The van der Waals surface area contributed by atoms with Crippen LogP contribution in [0.4, 0.5) is 0 Å². The third-order valence-electron chi connectivity index (χ3n) is 4.50. The summed E-state index contributed by atoms with van der Waals surface area (Å²) in [4.78, 5) is 18.9. The van der Waals surface area contributed by atoms with Crippen LogP contribution in [0.15, 0.2) is 36.5 Å². The summed E-state index contributed by atoms with van der Waals surface area (Å²) in [6.45, 7) is 2.63. The van der Waals surface area contributed by atoms with E-state index in [1.54, 1.807) is 11.0 Å². The van der Waals surface area contributed by atoms with Gasteiger partial charge in [0.05, 0.1) is 18.3 Å². The fraction of sp³-hybridized carbons (Fsp3) is 0.294. The Balaban J connectivity index is 1.59. The van der Waals surface area contributed by atoms with Gasteiger partial charge in [-0.1, -0.05) is 6.07 Å². The third-order valence-corrected chi connectivity index (χ3v) is 4.50. The Morgan fingerprint density at radius 2 is 2.21 bits per heavy atom. The second kappa shape index (κ2) is 5.38. The predicted octanol–water partition coefficient (Wildman–Crippen LogP) is 1.40. The molecule has 0 spiro atoms. The molecule has 3 heterocycles. The molecule has 7 nitrogen and oxygen atoms in total. The largest absolute Gasteiger partial charge is 0.381 e. The molecule has 1 aromatic carbocycles. The number of carbonyl (C=O) groups excluding carboxylic acids is 1. The van der Waals surface area contributed by atoms with Crippen molar-refractivity contribution in [1.29, 1.82) is 0 Å². The lowest BCUT2D eigenvalue weighted by molar-refractivity contribution is 0.0382. The van der Waals surface area contributed by atoms with Crippen molar-refractivity contribution in [2.24, 2.45) is 0 Å². The smallest absolute Gasteiger partial charge is 0.253 e. The van der Waals surface area contributed by atoms with Crippen LogP contribution >= 0.6 is 0 Å². The first-order valence-corrected chi connectivity index (χ1v) is 7.80. The molecule has 122 valence electrons. The molecule has 4 rings (SSSR count). The van der Waals surface area contributed by atoms with Gasteiger partial charge in [-0.05, 0) is 31.2 Å². The molecule has 2 N–H and O–H groups in total. The molecule has 0 aliphatic carbocycles. The highest BCUT2D eigenvalue weighted by Crippen LogP contribution is 2.31. The summed E-state index contributed by atoms with van der Waals surface area (Å²) in [7, 11) is 0. The molecule has 1 unspecified atom stereocenters. The van der Waals surface area contributed by atoms with Gasteiger partial charge in [-0.2, -0.15) is 15.4 Å². The van der Waals surface area contributed by atoms with Crippen molar-refractivity contribution in [1.82, 2.24) is 25.3 Å². The van der Waals surface area contributed by atoms with Crippen molar-refractivity contribution >= 4 is 16.8 Å². The first kappa shape index (κ1) is 14.8. The summed E-state index contributed by atoms with van der Waals surface area (Å²) in [5.41, 5.74) is 1.73. The van der Waals surface area contributed by atoms with E-state index < -0.39 is 5.60 Å². The molecule has 2 aromatic heterocycles. The number of aromatic amines is 1. The lowest BCUT2D eigenvalue weighted by Gasteiger charge is -2.21. The Labute approximate surface area is 138 Å². The maximum absolute atomic E-state index is 12.8. The number of β-amino-alcohol motifs (C(OH)–C–C–N with tert-alkyl or cyclic N) is 1. The summed E-state index contributed by atoms with van der Waals surface area (Å²) in [6.07, 6.45) is 1.94. The van der Waals surface area contributed by atoms with Crippen LogP contribution in [-0.4, -0.2) is 49.4 Å². The lowest BCUT2D eigenvalue weighted by Crippen LogP contribution is -2.34. The number of hydrogen-bond acceptors (Lipinski definition) is 5. The van der Waals surface area contributed by atoms with Crippen LogP contribution in [-0.2, 0) is 5.60 Å². The predicted molar refractivity (Wildman–Crippen MR) is 87.3 cm³/mol. The van der Waals surface area contributed by atoms with Gasteiger partial charge in [0.25, 0.3) is 5.91 Å². The summed E-state index contributed by atoms with van der Waals surface area (Å²) in [6, 6.07) is 9.37. The highest BCUT2D eigenvalue weighted by atomic mass is 16.3. The SMILES string of the molecule is Cc1ccc2cc(C(=O)N3CCC(O)(c4cn[nH]n4)C3)ccc2n1. The highest BCUT2D eigenvalue weighted by Gasteiger charge is 2.41. The Hall–Kier alpha value is -2.80. The first-order valence-electron chi connectivity index (χ1n) is 7.80. The van der Waals surface area contributed by atoms with Gasteiger partial charge in [-0.3, -0.25) is 9.78 Å². The number of H-pyrrole nitrogens is 1. The Bertz CT molecular complexity index is 908. The molecule has 3 aromatic rings. The normalized spacial score (nSPS) is 20.7. The monoisotopic (exact) mass is 323 g/mol. The number of aryl methyl sites for hydroxylation is 1. The van der Waals surface area contributed by atoms with Crippen LogP contribution in [0.1, 0.15) is 28.2 Å². The Morgan fingerprint density at radius 1 is 1.33 bits per heavy atom. The number of nitrogens with one attached hydrogen (secondary N) is 1. The zero-order valence-electron chi connectivity index (χ0n) is 13.2. The minimum absolute atomic E-state index is 0.100. The third kappa shape index (κ3) is 2.43. The van der Waals surface area contributed by atoms with Crippen molar-refractivity contribution in [3.8, 4) is 0 Å². The zero-order chi connectivity index (χ0) is 16.7. The van der Waals surface area contributed by atoms with E-state index in [1.165, 1.54) is 6.20 Å². The quantitative estimate of drug-likeness (QED) is 0.743. The first-order chi connectivity index (χ1) is 11.5. The average Bonchev–Trinajstić information content (AvgIpc) is 3.24. The molecule has 1 saturated heterocycles. The highest BCUT2D eigenvalue weighted by molar-refractivity contribution is 5.98. The van der Waals surface area contributed by atoms with Crippen molar-refractivity contribution in [2.75, 3.05) is 13.1 Å². The van der Waals surface area contributed by atoms with Gasteiger partial charge in [-0.15, -0.1) is 0 Å². The number of pyridine rings is 1. The molecule has 0 bridgehead atoms. The van der Waals surface area contributed by atoms with Crippen molar-refractivity contribution in [3.63, 3.8) is 0 Å². The van der Waals surface area contributed by atoms with Crippen molar-refractivity contribution < 1.29 is 9.90 Å². The molecule has 1 aliphatic rings. The minimum Gasteiger partial charge on any atom is -0.381 e. The van der Waals surface area contributed by atoms with Gasteiger partial charge < -0.3 is 10.0 Å². The fourth-order valence-corrected chi connectivity index (χ4v) is 3.15. The molecule has 1 atom stereocenters. The minimum atomic E-state index is -1.14. The number of amides is 1. The number of hydrogen-bond donors (Lipinski definition) is 2. The van der Waals surface area contributed by atoms with Gasteiger partial charge in [0, 0.05) is 29.6 Å². The van der Waals surface area contributed by atoms with E-state index in [0.29, 0.717) is 24.2 Å². The number of likely N-dealkylation sites (tertiary alicyclic amines) is 1. The number of aromatic nitrogens is 4. The number of carbonyl (C=O) groups is 1. The van der Waals surface area contributed by atoms with Crippen LogP contribution in [0.3, 0.4) is 0 Å². The maximum atomic E-state index is 12.8. The molecule has 0 saturated carbocycles. The molecular weight excluding hydrogens is 306 g/mol. The van der Waals surface area contributed by atoms with Crippen molar-refractivity contribution in [2.45, 2.75) is 18.9 Å². The topological polar surface area (TPSA) is 95.0 Å². The average molecular weight is 323 g/mol. The molecule has 24 heavy (non-hydrogen) atoms. The summed E-state index contributed by atoms with van der Waals surface area (Å²) < 4.78 is 0. The van der Waals surface area contributed by atoms with E-state index >= 15 is 0 Å². The van der Waals surface area contributed by atoms with Gasteiger partial charge >= 0.3 is 0 Å². The molecule has 7 heteroatoms. The Kier molecular flexibility index (Phi) is 3.31. The summed E-state index contributed by atoms with van der Waals surface area (Å²) in [5.74, 6) is -0.100. The molecule has 1 aliphatic heterocycles. The van der Waals surface area contributed by atoms with E-state index in [1.807, 2.05) is 31.2 Å². The van der Waals surface area contributed by atoms with Crippen LogP contribution in [0.25, 0.3) is 10.9 Å². The zero-order valence-corrected chi connectivity index (χ0v) is 13.2. The van der Waals surface area contributed by atoms with Gasteiger partial charge in [0.2, 0.25) is 0 Å². The van der Waals surface area contributed by atoms with Gasteiger partial charge in [0.15, 0.2) is 0 Å². The molecule has 1 fully saturated rings. The summed E-state index contributed by atoms with van der Waals surface area (Å²) in [5, 5.41) is 21.8. The Morgan fingerprint density at radius 3 is 3.00 bits per heavy atom. The fourth-order valence-electron chi connectivity index (χ4n) is 3.15. The van der Waals surface area contributed by atoms with Crippen LogP contribution in [0, 0.1) is 6.92 Å². The standard InChI is InChI=1S/C17H17N5O2/c1-11-2-3-12-8-13(4-5-14(12)19-11)16(23)22-7-6-17(24,10-22)15-9-18-21-20-15/h2-5,8-9,24H,6-7,10H2,1H3,(H,18,20,21). The van der Waals surface area contributed by atoms with Crippen LogP contribution < -0.4 is 0 Å².